The zero-order chi connectivity index (χ0) is 19.2. The average molecular weight is 469 g/mol. The minimum absolute atomic E-state index is 0. The first-order valence-electron chi connectivity index (χ1n) is 8.12. The van der Waals surface area contributed by atoms with E-state index in [0.717, 1.165) is 19.2 Å². The Morgan fingerprint density at radius 1 is 1.36 bits per heavy atom. The predicted octanol–water partition coefficient (Wildman–Crippen LogP) is 3.11. The molecule has 0 atom stereocenters. The van der Waals surface area contributed by atoms with Gasteiger partial charge >= 0.3 is 6.18 Å². The number of methoxy groups -OCH3 is 1. The molecule has 2 heterocycles. The number of rotatable bonds is 7. The molecule has 6 nitrogen and oxygen atoms in total. The molecule has 1 aromatic rings. The first-order valence-corrected chi connectivity index (χ1v) is 8.50. The fourth-order valence-electron chi connectivity index (χ4n) is 2.80. The van der Waals surface area contributed by atoms with Crippen molar-refractivity contribution >= 4 is 42.3 Å². The Kier molecular flexibility index (Phi) is 11.4. The van der Waals surface area contributed by atoms with Crippen LogP contribution in [-0.2, 0) is 15.7 Å². The van der Waals surface area contributed by atoms with Crippen LogP contribution in [0.4, 0.5) is 13.2 Å². The van der Waals surface area contributed by atoms with Crippen molar-refractivity contribution in [3.8, 4) is 5.88 Å². The van der Waals surface area contributed by atoms with Gasteiger partial charge in [-0.15, -0.1) is 24.8 Å². The lowest BCUT2D eigenvalue weighted by atomic mass is 9.78. The lowest BCUT2D eigenvalue weighted by molar-refractivity contribution is -0.138. The van der Waals surface area contributed by atoms with Crippen molar-refractivity contribution in [1.82, 2.24) is 15.6 Å². The summed E-state index contributed by atoms with van der Waals surface area (Å²) in [4.78, 5) is 16.1. The Morgan fingerprint density at radius 3 is 2.54 bits per heavy atom. The molecule has 0 bridgehead atoms. The number of aromatic nitrogens is 1. The number of hydrogen-bond acceptors (Lipinski definition) is 5. The second-order valence-electron chi connectivity index (χ2n) is 6.08. The molecule has 0 radical (unpaired) electrons. The summed E-state index contributed by atoms with van der Waals surface area (Å²) >= 11 is 5.76. The molecule has 2 rings (SSSR count). The molecule has 0 saturated carbocycles. The van der Waals surface area contributed by atoms with E-state index in [1.807, 2.05) is 0 Å². The number of ether oxygens (including phenoxy) is 2. The van der Waals surface area contributed by atoms with Crippen molar-refractivity contribution < 1.29 is 27.4 Å². The third-order valence-electron chi connectivity index (χ3n) is 4.22. The number of nitrogens with zero attached hydrogens (tertiary/aromatic N) is 1. The molecular formula is C16H23Cl3F3N3O3. The molecule has 0 unspecified atom stereocenters. The van der Waals surface area contributed by atoms with Crippen LogP contribution in [-0.4, -0.2) is 50.8 Å². The van der Waals surface area contributed by atoms with Gasteiger partial charge in [-0.3, -0.25) is 4.79 Å². The van der Waals surface area contributed by atoms with Crippen LogP contribution in [0.15, 0.2) is 12.3 Å². The number of carbonyl (C=O) groups excluding carboxylic acids is 1. The van der Waals surface area contributed by atoms with E-state index >= 15 is 0 Å². The maximum absolute atomic E-state index is 12.6. The van der Waals surface area contributed by atoms with Crippen molar-refractivity contribution in [2.24, 2.45) is 5.41 Å². The van der Waals surface area contributed by atoms with Gasteiger partial charge in [-0.2, -0.15) is 13.2 Å². The summed E-state index contributed by atoms with van der Waals surface area (Å²) in [5, 5.41) is 5.74. The molecular weight excluding hydrogens is 446 g/mol. The molecule has 1 fully saturated rings. The van der Waals surface area contributed by atoms with Gasteiger partial charge in [0.1, 0.15) is 11.6 Å². The average Bonchev–Trinajstić information content (AvgIpc) is 2.59. The standard InChI is InChI=1S/C16H21ClF3N3O3.2ClH/c1-25-10-15(2-4-21-5-3-15)14(24)22-6-7-26-13-12(17)8-11(9-23-13)16(18,19)20;;/h8-9,21H,2-7,10H2,1H3,(H,22,24);2*1H. The second-order valence-corrected chi connectivity index (χ2v) is 6.48. The highest BCUT2D eigenvalue weighted by Crippen LogP contribution is 2.33. The van der Waals surface area contributed by atoms with Gasteiger partial charge in [0.15, 0.2) is 0 Å². The minimum atomic E-state index is -4.52. The van der Waals surface area contributed by atoms with Gasteiger partial charge in [0, 0.05) is 13.3 Å². The molecule has 0 aliphatic carbocycles. The molecule has 0 aromatic carbocycles. The quantitative estimate of drug-likeness (QED) is 0.602. The van der Waals surface area contributed by atoms with Gasteiger partial charge < -0.3 is 20.1 Å². The number of amides is 1. The number of hydrogen-bond donors (Lipinski definition) is 2. The monoisotopic (exact) mass is 467 g/mol. The number of alkyl halides is 3. The van der Waals surface area contributed by atoms with Crippen LogP contribution in [0.5, 0.6) is 5.88 Å². The topological polar surface area (TPSA) is 72.5 Å². The summed E-state index contributed by atoms with van der Waals surface area (Å²) in [5.41, 5.74) is -1.53. The maximum atomic E-state index is 12.6. The third-order valence-corrected chi connectivity index (χ3v) is 4.49. The summed E-state index contributed by atoms with van der Waals surface area (Å²) in [7, 11) is 1.55. The lowest BCUT2D eigenvalue weighted by Gasteiger charge is -2.35. The van der Waals surface area contributed by atoms with Gasteiger partial charge in [0.2, 0.25) is 11.8 Å². The van der Waals surface area contributed by atoms with Gasteiger partial charge in [0.25, 0.3) is 0 Å². The van der Waals surface area contributed by atoms with Gasteiger partial charge in [0.05, 0.1) is 24.1 Å². The lowest BCUT2D eigenvalue weighted by Crippen LogP contribution is -2.50. The van der Waals surface area contributed by atoms with Crippen LogP contribution in [0, 0.1) is 5.41 Å². The van der Waals surface area contributed by atoms with Crippen LogP contribution in [0.3, 0.4) is 0 Å². The number of halogens is 6. The Hall–Kier alpha value is -1.00. The van der Waals surface area contributed by atoms with E-state index in [4.69, 9.17) is 21.1 Å². The summed E-state index contributed by atoms with van der Waals surface area (Å²) in [5.74, 6) is -0.238. The summed E-state index contributed by atoms with van der Waals surface area (Å²) in [6, 6.07) is 0.755. The normalized spacial score (nSPS) is 15.8. The van der Waals surface area contributed by atoms with E-state index in [1.54, 1.807) is 7.11 Å². The van der Waals surface area contributed by atoms with E-state index in [1.165, 1.54) is 0 Å². The third kappa shape index (κ3) is 7.11. The van der Waals surface area contributed by atoms with Gasteiger partial charge in [-0.1, -0.05) is 11.6 Å². The molecule has 2 N–H and O–H groups in total. The Morgan fingerprint density at radius 2 is 2.00 bits per heavy atom. The first kappa shape index (κ1) is 27.0. The fraction of sp³-hybridized carbons (Fsp3) is 0.625. The zero-order valence-electron chi connectivity index (χ0n) is 15.1. The van der Waals surface area contributed by atoms with Gasteiger partial charge in [-0.25, -0.2) is 4.98 Å². The van der Waals surface area contributed by atoms with Crippen LogP contribution < -0.4 is 15.4 Å². The first-order chi connectivity index (χ1) is 12.3. The van der Waals surface area contributed by atoms with Crippen molar-refractivity contribution in [3.05, 3.63) is 22.8 Å². The van der Waals surface area contributed by atoms with Crippen LogP contribution >= 0.6 is 36.4 Å². The van der Waals surface area contributed by atoms with Crippen LogP contribution in [0.1, 0.15) is 18.4 Å². The molecule has 28 heavy (non-hydrogen) atoms. The smallest absolute Gasteiger partial charge is 0.417 e. The van der Waals surface area contributed by atoms with Crippen molar-refractivity contribution in [2.75, 3.05) is 40.0 Å². The van der Waals surface area contributed by atoms with Crippen LogP contribution in [0.25, 0.3) is 0 Å². The Labute approximate surface area is 178 Å². The molecule has 1 aliphatic rings. The Bertz CT molecular complexity index is 625. The predicted molar refractivity (Wildman–Crippen MR) is 104 cm³/mol. The van der Waals surface area contributed by atoms with Crippen molar-refractivity contribution in [2.45, 2.75) is 19.0 Å². The molecule has 1 saturated heterocycles. The maximum Gasteiger partial charge on any atom is 0.417 e. The number of pyridine rings is 1. The van der Waals surface area contributed by atoms with E-state index in [9.17, 15) is 18.0 Å². The molecule has 12 heteroatoms. The number of carbonyl (C=O) groups is 1. The molecule has 0 spiro atoms. The van der Waals surface area contributed by atoms with Crippen molar-refractivity contribution in [1.29, 1.82) is 0 Å². The molecule has 1 amide bonds. The largest absolute Gasteiger partial charge is 0.475 e. The van der Waals surface area contributed by atoms with E-state index in [2.05, 4.69) is 15.6 Å². The van der Waals surface area contributed by atoms with E-state index < -0.39 is 17.2 Å². The molecule has 1 aromatic heterocycles. The number of nitrogens with one attached hydrogen (secondary N) is 2. The van der Waals surface area contributed by atoms with Crippen molar-refractivity contribution in [3.63, 3.8) is 0 Å². The zero-order valence-corrected chi connectivity index (χ0v) is 17.5. The summed E-state index contributed by atoms with van der Waals surface area (Å²) in [6.07, 6.45) is -2.53. The fourth-order valence-corrected chi connectivity index (χ4v) is 3.03. The van der Waals surface area contributed by atoms with Gasteiger partial charge in [-0.05, 0) is 32.0 Å². The van der Waals surface area contributed by atoms with E-state index in [0.29, 0.717) is 25.6 Å². The minimum Gasteiger partial charge on any atom is -0.475 e. The summed E-state index contributed by atoms with van der Waals surface area (Å²) in [6.45, 7) is 2.01. The molecule has 1 aliphatic heterocycles. The molecule has 162 valence electrons. The highest BCUT2D eigenvalue weighted by atomic mass is 35.5. The highest BCUT2D eigenvalue weighted by Gasteiger charge is 2.39. The highest BCUT2D eigenvalue weighted by molar-refractivity contribution is 6.31. The van der Waals surface area contributed by atoms with E-state index in [-0.39, 0.29) is 54.8 Å². The summed E-state index contributed by atoms with van der Waals surface area (Å²) < 4.78 is 48.2. The second kappa shape index (κ2) is 11.9. The SMILES string of the molecule is COCC1(C(=O)NCCOc2ncc(C(F)(F)F)cc2Cl)CCNCC1.Cl.Cl. The van der Waals surface area contributed by atoms with Crippen LogP contribution in [0.2, 0.25) is 5.02 Å². The number of piperidine rings is 1. The Balaban J connectivity index is 0.00000364.